The van der Waals surface area contributed by atoms with Crippen LogP contribution in [0.15, 0.2) is 48.5 Å². The molecule has 5 nitrogen and oxygen atoms in total. The molecule has 0 spiro atoms. The highest BCUT2D eigenvalue weighted by molar-refractivity contribution is 6.30. The van der Waals surface area contributed by atoms with E-state index in [1.807, 2.05) is 35.2 Å². The summed E-state index contributed by atoms with van der Waals surface area (Å²) in [5, 5.41) is 0.771. The molecule has 154 valence electrons. The predicted octanol–water partition coefficient (Wildman–Crippen LogP) is 3.06. The summed E-state index contributed by atoms with van der Waals surface area (Å²) < 4.78 is 5.38. The van der Waals surface area contributed by atoms with E-state index in [1.54, 1.807) is 7.11 Å². The highest BCUT2D eigenvalue weighted by Gasteiger charge is 2.34. The van der Waals surface area contributed by atoms with Gasteiger partial charge in [0.1, 0.15) is 0 Å². The monoisotopic (exact) mass is 413 g/mol. The summed E-state index contributed by atoms with van der Waals surface area (Å²) in [5.74, 6) is 0.170. The van der Waals surface area contributed by atoms with Crippen LogP contribution in [-0.2, 0) is 22.5 Å². The summed E-state index contributed by atoms with van der Waals surface area (Å²) in [6.07, 6.45) is 0.866. The van der Waals surface area contributed by atoms with E-state index >= 15 is 0 Å². The smallest absolute Gasteiger partial charge is 0.241 e. The third-order valence-electron chi connectivity index (χ3n) is 5.84. The van der Waals surface area contributed by atoms with Crippen molar-refractivity contribution < 1.29 is 9.53 Å². The maximum atomic E-state index is 13.2. The van der Waals surface area contributed by atoms with Crippen molar-refractivity contribution in [2.75, 3.05) is 51.3 Å². The number of benzene rings is 2. The molecule has 0 unspecified atom stereocenters. The normalized spacial score (nSPS) is 20.1. The van der Waals surface area contributed by atoms with E-state index in [-0.39, 0.29) is 11.9 Å². The molecule has 29 heavy (non-hydrogen) atoms. The van der Waals surface area contributed by atoms with Crippen LogP contribution in [0.2, 0.25) is 5.02 Å². The fourth-order valence-corrected chi connectivity index (χ4v) is 4.47. The molecule has 0 N–H and O–H groups in total. The molecule has 1 saturated heterocycles. The summed E-state index contributed by atoms with van der Waals surface area (Å²) in [4.78, 5) is 19.8. The number of anilines is 1. The first-order valence-corrected chi connectivity index (χ1v) is 10.6. The lowest BCUT2D eigenvalue weighted by molar-refractivity contribution is -0.120. The standard InChI is InChI=1S/C23H28ClN3O2/c1-29-17-21-14-19-4-2-3-5-22(19)27(21)23(28)16-26-12-10-25(11-13-26)15-18-6-8-20(24)9-7-18/h2-9,21H,10-17H2,1H3/t21-/m0/s1. The third-order valence-corrected chi connectivity index (χ3v) is 6.09. The molecule has 2 aliphatic heterocycles. The zero-order chi connectivity index (χ0) is 20.2. The topological polar surface area (TPSA) is 36.0 Å². The molecule has 0 aliphatic carbocycles. The molecule has 2 aromatic rings. The molecule has 2 aromatic carbocycles. The minimum absolute atomic E-state index is 0.0936. The summed E-state index contributed by atoms with van der Waals surface area (Å²) in [6, 6.07) is 16.3. The lowest BCUT2D eigenvalue weighted by Gasteiger charge is -2.35. The maximum Gasteiger partial charge on any atom is 0.241 e. The van der Waals surface area contributed by atoms with Crippen molar-refractivity contribution >= 4 is 23.2 Å². The molecule has 2 aliphatic rings. The number of para-hydroxylation sites is 1. The average Bonchev–Trinajstić information content (AvgIpc) is 3.09. The number of carbonyl (C=O) groups is 1. The Kier molecular flexibility index (Phi) is 6.50. The van der Waals surface area contributed by atoms with Crippen molar-refractivity contribution in [3.63, 3.8) is 0 Å². The van der Waals surface area contributed by atoms with Crippen molar-refractivity contribution in [2.45, 2.75) is 19.0 Å². The van der Waals surface area contributed by atoms with E-state index < -0.39 is 0 Å². The van der Waals surface area contributed by atoms with E-state index in [4.69, 9.17) is 16.3 Å². The molecule has 1 amide bonds. The largest absolute Gasteiger partial charge is 0.383 e. The van der Waals surface area contributed by atoms with Crippen molar-refractivity contribution in [1.29, 1.82) is 0 Å². The number of ether oxygens (including phenoxy) is 1. The zero-order valence-electron chi connectivity index (χ0n) is 16.9. The van der Waals surface area contributed by atoms with E-state index in [0.717, 1.165) is 49.9 Å². The second-order valence-electron chi connectivity index (χ2n) is 7.88. The first-order chi connectivity index (χ1) is 14.1. The Balaban J connectivity index is 1.33. The minimum Gasteiger partial charge on any atom is -0.383 e. The molecule has 0 saturated carbocycles. The Labute approximate surface area is 177 Å². The van der Waals surface area contributed by atoms with E-state index in [9.17, 15) is 4.79 Å². The minimum atomic E-state index is 0.0936. The second kappa shape index (κ2) is 9.26. The Hall–Kier alpha value is -1.92. The van der Waals surface area contributed by atoms with Crippen LogP contribution in [0.1, 0.15) is 11.1 Å². The number of nitrogens with zero attached hydrogens (tertiary/aromatic N) is 3. The van der Waals surface area contributed by atoms with Gasteiger partial charge in [-0.25, -0.2) is 0 Å². The van der Waals surface area contributed by atoms with Gasteiger partial charge < -0.3 is 9.64 Å². The van der Waals surface area contributed by atoms with Crippen molar-refractivity contribution in [3.05, 3.63) is 64.7 Å². The number of halogens is 1. The van der Waals surface area contributed by atoms with Crippen molar-refractivity contribution in [1.82, 2.24) is 9.80 Å². The lowest BCUT2D eigenvalue weighted by Crippen LogP contribution is -2.51. The Bertz CT molecular complexity index is 834. The average molecular weight is 414 g/mol. The van der Waals surface area contributed by atoms with Crippen molar-refractivity contribution in [3.8, 4) is 0 Å². The van der Waals surface area contributed by atoms with Crippen LogP contribution in [0.4, 0.5) is 5.69 Å². The van der Waals surface area contributed by atoms with Gasteiger partial charge in [-0.2, -0.15) is 0 Å². The third kappa shape index (κ3) is 4.81. The molecule has 0 radical (unpaired) electrons. The molecular formula is C23H28ClN3O2. The fourth-order valence-electron chi connectivity index (χ4n) is 4.35. The molecule has 0 bridgehead atoms. The number of hydrogen-bond acceptors (Lipinski definition) is 4. The lowest BCUT2D eigenvalue weighted by atomic mass is 10.1. The highest BCUT2D eigenvalue weighted by atomic mass is 35.5. The SMILES string of the molecule is COC[C@@H]1Cc2ccccc2N1C(=O)CN1CCN(Cc2ccc(Cl)cc2)CC1. The maximum absolute atomic E-state index is 13.2. The Morgan fingerprint density at radius 2 is 1.72 bits per heavy atom. The number of piperazine rings is 1. The van der Waals surface area contributed by atoms with Crippen LogP contribution < -0.4 is 4.90 Å². The zero-order valence-corrected chi connectivity index (χ0v) is 17.6. The van der Waals surface area contributed by atoms with Gasteiger partial charge in [0, 0.05) is 50.5 Å². The predicted molar refractivity (Wildman–Crippen MR) is 116 cm³/mol. The van der Waals surface area contributed by atoms with Gasteiger partial charge in [0.15, 0.2) is 0 Å². The van der Waals surface area contributed by atoms with E-state index in [1.165, 1.54) is 11.1 Å². The van der Waals surface area contributed by atoms with Gasteiger partial charge in [0.2, 0.25) is 5.91 Å². The highest BCUT2D eigenvalue weighted by Crippen LogP contribution is 2.32. The fraction of sp³-hybridized carbons (Fsp3) is 0.435. The number of fused-ring (bicyclic) bond motifs is 1. The van der Waals surface area contributed by atoms with Gasteiger partial charge >= 0.3 is 0 Å². The summed E-state index contributed by atoms with van der Waals surface area (Å²) in [6.45, 7) is 5.70. The van der Waals surface area contributed by atoms with Crippen LogP contribution in [-0.4, -0.2) is 68.2 Å². The summed E-state index contributed by atoms with van der Waals surface area (Å²) >= 11 is 5.97. The summed E-state index contributed by atoms with van der Waals surface area (Å²) in [5.41, 5.74) is 3.55. The van der Waals surface area contributed by atoms with Crippen LogP contribution in [0.3, 0.4) is 0 Å². The summed E-state index contributed by atoms with van der Waals surface area (Å²) in [7, 11) is 1.70. The first-order valence-electron chi connectivity index (χ1n) is 10.2. The van der Waals surface area contributed by atoms with Gasteiger partial charge in [-0.3, -0.25) is 14.6 Å². The quantitative estimate of drug-likeness (QED) is 0.729. The van der Waals surface area contributed by atoms with Gasteiger partial charge in [0.25, 0.3) is 0 Å². The van der Waals surface area contributed by atoms with Gasteiger partial charge in [-0.1, -0.05) is 41.9 Å². The number of rotatable bonds is 6. The number of amides is 1. The number of carbonyl (C=O) groups excluding carboxylic acids is 1. The van der Waals surface area contributed by atoms with Gasteiger partial charge in [-0.15, -0.1) is 0 Å². The molecule has 6 heteroatoms. The van der Waals surface area contributed by atoms with Gasteiger partial charge in [0.05, 0.1) is 19.2 Å². The molecule has 1 atom stereocenters. The Morgan fingerprint density at radius 1 is 1.03 bits per heavy atom. The van der Waals surface area contributed by atoms with Crippen LogP contribution >= 0.6 is 11.6 Å². The second-order valence-corrected chi connectivity index (χ2v) is 8.32. The van der Waals surface area contributed by atoms with E-state index in [0.29, 0.717) is 13.2 Å². The van der Waals surface area contributed by atoms with E-state index in [2.05, 4.69) is 28.0 Å². The first kappa shape index (κ1) is 20.4. The Morgan fingerprint density at radius 3 is 2.45 bits per heavy atom. The van der Waals surface area contributed by atoms with Gasteiger partial charge in [-0.05, 0) is 35.7 Å². The molecule has 2 heterocycles. The van der Waals surface area contributed by atoms with Crippen molar-refractivity contribution in [2.24, 2.45) is 0 Å². The molecule has 0 aromatic heterocycles. The van der Waals surface area contributed by atoms with Crippen LogP contribution in [0.5, 0.6) is 0 Å². The number of methoxy groups -OCH3 is 1. The number of hydrogen-bond donors (Lipinski definition) is 0. The van der Waals surface area contributed by atoms with Crippen LogP contribution in [0, 0.1) is 0 Å². The molecular weight excluding hydrogens is 386 g/mol. The molecule has 1 fully saturated rings. The van der Waals surface area contributed by atoms with Crippen LogP contribution in [0.25, 0.3) is 0 Å². The molecule has 4 rings (SSSR count).